The molecule has 0 bridgehead atoms. The molecule has 0 aliphatic rings. The van der Waals surface area contributed by atoms with Crippen LogP contribution in [0.3, 0.4) is 0 Å². The lowest BCUT2D eigenvalue weighted by atomic mass is 10.2. The normalized spacial score (nSPS) is 10.4. The molecule has 0 atom stereocenters. The van der Waals surface area contributed by atoms with E-state index in [4.69, 9.17) is 28.8 Å². The first-order valence-electron chi connectivity index (χ1n) is 8.82. The third-order valence-electron chi connectivity index (χ3n) is 3.18. The molecule has 0 heterocycles. The van der Waals surface area contributed by atoms with E-state index in [0.717, 1.165) is 6.07 Å². The van der Waals surface area contributed by atoms with Gasteiger partial charge in [-0.1, -0.05) is 6.07 Å². The van der Waals surface area contributed by atoms with Gasteiger partial charge in [0.25, 0.3) is 21.6 Å². The molecule has 0 spiro atoms. The lowest BCUT2D eigenvalue weighted by Crippen LogP contribution is -2.34. The number of non-ortho nitro benzene ring substituents is 1. The van der Waals surface area contributed by atoms with Gasteiger partial charge in [0.15, 0.2) is 5.11 Å². The highest BCUT2D eigenvalue weighted by Gasteiger charge is 2.14. The summed E-state index contributed by atoms with van der Waals surface area (Å²) < 4.78 is 26.9. The molecule has 0 radical (unpaired) electrons. The van der Waals surface area contributed by atoms with Crippen LogP contribution in [0.4, 0.5) is 11.4 Å². The number of nitro groups is 1. The Hall–Kier alpha value is -3.62. The SMILES string of the molecule is CC(C)O.NC(N)=NS(=O)(=O)c1ccc(NC(=S)NC(=O)c2cccc([N+](=O)[O-])c2)cc1. The van der Waals surface area contributed by atoms with Crippen LogP contribution in [0.1, 0.15) is 24.2 Å². The number of carbonyl (C=O) groups excluding carboxylic acids is 1. The lowest BCUT2D eigenvalue weighted by molar-refractivity contribution is -0.384. The van der Waals surface area contributed by atoms with Crippen LogP contribution >= 0.6 is 12.2 Å². The second-order valence-corrected chi connectivity index (χ2v) is 8.34. The molecule has 0 aromatic heterocycles. The minimum absolute atomic E-state index is 0.0528. The van der Waals surface area contributed by atoms with Crippen LogP contribution in [-0.4, -0.2) is 41.5 Å². The Morgan fingerprint density at radius 1 is 1.19 bits per heavy atom. The van der Waals surface area contributed by atoms with Crippen molar-refractivity contribution in [2.75, 3.05) is 5.32 Å². The van der Waals surface area contributed by atoms with Gasteiger partial charge in [0.05, 0.1) is 9.82 Å². The molecule has 172 valence electrons. The number of carbonyl (C=O) groups is 1. The Kier molecular flexibility index (Phi) is 9.65. The van der Waals surface area contributed by atoms with Gasteiger partial charge in [-0.05, 0) is 56.4 Å². The fraction of sp³-hybridized carbons (Fsp3) is 0.167. The Morgan fingerprint density at radius 2 is 1.75 bits per heavy atom. The third kappa shape index (κ3) is 9.03. The van der Waals surface area contributed by atoms with Gasteiger partial charge in [-0.3, -0.25) is 20.2 Å². The number of benzene rings is 2. The highest BCUT2D eigenvalue weighted by atomic mass is 32.2. The molecule has 0 saturated heterocycles. The van der Waals surface area contributed by atoms with E-state index in [0.29, 0.717) is 5.69 Å². The summed E-state index contributed by atoms with van der Waals surface area (Å²) >= 11 is 5.01. The number of aliphatic hydroxyl groups is 1. The summed E-state index contributed by atoms with van der Waals surface area (Å²) in [5.41, 5.74) is 10.3. The minimum Gasteiger partial charge on any atom is -0.394 e. The van der Waals surface area contributed by atoms with Gasteiger partial charge in [-0.15, -0.1) is 4.40 Å². The maximum Gasteiger partial charge on any atom is 0.285 e. The molecule has 0 aliphatic carbocycles. The van der Waals surface area contributed by atoms with Crippen LogP contribution in [0.2, 0.25) is 0 Å². The summed E-state index contributed by atoms with van der Waals surface area (Å²) in [4.78, 5) is 22.1. The Morgan fingerprint density at radius 3 is 2.25 bits per heavy atom. The topological polar surface area (TPSA) is 203 Å². The van der Waals surface area contributed by atoms with Crippen LogP contribution in [-0.2, 0) is 10.0 Å². The Bertz CT molecular complexity index is 1110. The number of thiocarbonyl (C=S) groups is 1. The van der Waals surface area contributed by atoms with Crippen molar-refractivity contribution in [3.05, 3.63) is 64.2 Å². The molecule has 32 heavy (non-hydrogen) atoms. The average Bonchev–Trinajstić information content (AvgIpc) is 2.67. The second kappa shape index (κ2) is 11.7. The van der Waals surface area contributed by atoms with E-state index in [1.54, 1.807) is 13.8 Å². The molecule has 12 nitrogen and oxygen atoms in total. The number of nitrogens with two attached hydrogens (primary N) is 2. The summed E-state index contributed by atoms with van der Waals surface area (Å²) in [6, 6.07) is 10.4. The zero-order valence-electron chi connectivity index (χ0n) is 17.1. The zero-order valence-corrected chi connectivity index (χ0v) is 18.7. The number of rotatable bonds is 5. The molecular formula is C18H22N6O6S2. The first-order chi connectivity index (χ1) is 14.8. The average molecular weight is 483 g/mol. The highest BCUT2D eigenvalue weighted by Crippen LogP contribution is 2.16. The summed E-state index contributed by atoms with van der Waals surface area (Å²) in [5, 5.41) is 23.8. The lowest BCUT2D eigenvalue weighted by Gasteiger charge is -2.10. The highest BCUT2D eigenvalue weighted by molar-refractivity contribution is 7.90. The van der Waals surface area contributed by atoms with Gasteiger partial charge in [-0.25, -0.2) is 0 Å². The maximum absolute atomic E-state index is 12.1. The molecule has 14 heteroatoms. The number of sulfonamides is 1. The van der Waals surface area contributed by atoms with E-state index >= 15 is 0 Å². The fourth-order valence-electron chi connectivity index (χ4n) is 2.00. The van der Waals surface area contributed by atoms with Gasteiger partial charge in [0, 0.05) is 29.5 Å². The molecular weight excluding hydrogens is 460 g/mol. The van der Waals surface area contributed by atoms with Crippen LogP contribution in [0.25, 0.3) is 0 Å². The number of aliphatic hydroxyl groups excluding tert-OH is 1. The number of guanidine groups is 1. The van der Waals surface area contributed by atoms with Crippen molar-refractivity contribution in [1.29, 1.82) is 0 Å². The molecule has 0 unspecified atom stereocenters. The molecule has 2 aromatic carbocycles. The number of nitrogens with zero attached hydrogens (tertiary/aromatic N) is 2. The Balaban J connectivity index is 0.00000118. The molecule has 1 amide bonds. The second-order valence-electron chi connectivity index (χ2n) is 6.33. The molecule has 0 fully saturated rings. The van der Waals surface area contributed by atoms with E-state index < -0.39 is 26.8 Å². The van der Waals surface area contributed by atoms with Gasteiger partial charge in [-0.2, -0.15) is 8.42 Å². The minimum atomic E-state index is -4.02. The van der Waals surface area contributed by atoms with Gasteiger partial charge < -0.3 is 21.9 Å². The van der Waals surface area contributed by atoms with Crippen LogP contribution < -0.4 is 22.1 Å². The predicted octanol–water partition coefficient (Wildman–Crippen LogP) is 1.07. The van der Waals surface area contributed by atoms with Crippen molar-refractivity contribution in [3.8, 4) is 0 Å². The van der Waals surface area contributed by atoms with Crippen molar-refractivity contribution in [3.63, 3.8) is 0 Å². The van der Waals surface area contributed by atoms with Crippen LogP contribution in [0.15, 0.2) is 57.8 Å². The number of nitro benzene ring substituents is 1. The van der Waals surface area contributed by atoms with E-state index in [2.05, 4.69) is 15.0 Å². The molecule has 0 saturated carbocycles. The summed E-state index contributed by atoms with van der Waals surface area (Å²) in [6.07, 6.45) is -0.167. The number of hydrogen-bond acceptors (Lipinski definition) is 7. The quantitative estimate of drug-likeness (QED) is 0.135. The molecule has 0 aliphatic heterocycles. The van der Waals surface area contributed by atoms with Gasteiger partial charge in [0.1, 0.15) is 0 Å². The summed E-state index contributed by atoms with van der Waals surface area (Å²) in [5.74, 6) is -1.24. The number of nitrogens with one attached hydrogen (secondary N) is 2. The maximum atomic E-state index is 12.1. The third-order valence-corrected chi connectivity index (χ3v) is 4.71. The molecule has 7 N–H and O–H groups in total. The van der Waals surface area contributed by atoms with E-state index in [9.17, 15) is 23.3 Å². The van der Waals surface area contributed by atoms with E-state index in [1.165, 1.54) is 42.5 Å². The Labute approximate surface area is 189 Å². The van der Waals surface area contributed by atoms with Crippen molar-refractivity contribution in [1.82, 2.24) is 5.32 Å². The van der Waals surface area contributed by atoms with Crippen LogP contribution in [0.5, 0.6) is 0 Å². The largest absolute Gasteiger partial charge is 0.394 e. The van der Waals surface area contributed by atoms with E-state index in [1.807, 2.05) is 0 Å². The van der Waals surface area contributed by atoms with Crippen molar-refractivity contribution < 1.29 is 23.2 Å². The van der Waals surface area contributed by atoms with Crippen molar-refractivity contribution in [2.45, 2.75) is 24.8 Å². The smallest absolute Gasteiger partial charge is 0.285 e. The number of anilines is 1. The zero-order chi connectivity index (χ0) is 24.5. The number of hydrogen-bond donors (Lipinski definition) is 5. The fourth-order valence-corrected chi connectivity index (χ4v) is 3.07. The summed E-state index contributed by atoms with van der Waals surface area (Å²) in [7, 11) is -4.02. The van der Waals surface area contributed by atoms with Crippen molar-refractivity contribution in [2.24, 2.45) is 15.9 Å². The predicted molar refractivity (Wildman–Crippen MR) is 124 cm³/mol. The number of amides is 1. The summed E-state index contributed by atoms with van der Waals surface area (Å²) in [6.45, 7) is 3.44. The van der Waals surface area contributed by atoms with E-state index in [-0.39, 0.29) is 27.4 Å². The van der Waals surface area contributed by atoms with Crippen molar-refractivity contribution >= 4 is 50.6 Å². The standard InChI is InChI=1S/C15H14N6O5S2.C3H8O/c16-14(17)20-28(25,26)12-6-4-10(5-7-12)18-15(27)19-13(22)9-2-1-3-11(8-9)21(23)24;1-3(2)4/h1-8H,(H4,16,17,20)(H2,18,19,22,27);3-4H,1-2H3. The monoisotopic (exact) mass is 482 g/mol. The first kappa shape index (κ1) is 26.4. The molecule has 2 rings (SSSR count). The van der Waals surface area contributed by atoms with Crippen LogP contribution in [0, 0.1) is 10.1 Å². The first-order valence-corrected chi connectivity index (χ1v) is 10.7. The van der Waals surface area contributed by atoms with Gasteiger partial charge >= 0.3 is 0 Å². The molecule has 2 aromatic rings. The van der Waals surface area contributed by atoms with Gasteiger partial charge in [0.2, 0.25) is 5.96 Å².